The van der Waals surface area contributed by atoms with Crippen molar-refractivity contribution in [2.45, 2.75) is 32.7 Å². The Kier molecular flexibility index (Phi) is 5.40. The van der Waals surface area contributed by atoms with Crippen LogP contribution in [-0.4, -0.2) is 28.2 Å². The molecule has 0 atom stereocenters. The monoisotopic (exact) mass is 334 g/mol. The molecule has 3 N–H and O–H groups in total. The van der Waals surface area contributed by atoms with Crippen molar-refractivity contribution in [2.75, 3.05) is 23.8 Å². The zero-order valence-corrected chi connectivity index (χ0v) is 14.0. The van der Waals surface area contributed by atoms with Crippen molar-refractivity contribution in [3.05, 3.63) is 46.2 Å². The van der Waals surface area contributed by atoms with Crippen molar-refractivity contribution in [3.8, 4) is 0 Å². The molecule has 8 heteroatoms. The van der Waals surface area contributed by atoms with Crippen LogP contribution >= 0.6 is 0 Å². The first-order chi connectivity index (χ1) is 11.3. The van der Waals surface area contributed by atoms with Gasteiger partial charge in [0.1, 0.15) is 5.76 Å². The third-order valence-corrected chi connectivity index (χ3v) is 3.36. The van der Waals surface area contributed by atoms with Gasteiger partial charge < -0.3 is 20.2 Å². The van der Waals surface area contributed by atoms with Crippen LogP contribution in [0.15, 0.2) is 28.8 Å². The minimum Gasteiger partial charge on any atom is -0.443 e. The van der Waals surface area contributed by atoms with E-state index in [1.165, 1.54) is 12.1 Å². The lowest BCUT2D eigenvalue weighted by Gasteiger charge is -2.14. The number of rotatable bonds is 7. The fourth-order valence-electron chi connectivity index (χ4n) is 2.05. The average Bonchev–Trinajstić information content (AvgIpc) is 3.00. The Morgan fingerprint density at radius 3 is 2.62 bits per heavy atom. The molecule has 0 aliphatic heterocycles. The molecule has 0 aliphatic rings. The maximum absolute atomic E-state index is 11.0. The molecular weight excluding hydrogens is 312 g/mol. The van der Waals surface area contributed by atoms with Crippen molar-refractivity contribution < 1.29 is 14.4 Å². The number of hydrogen-bond acceptors (Lipinski definition) is 7. The minimum absolute atomic E-state index is 0.0187. The number of aliphatic hydroxyl groups excluding tert-OH is 1. The van der Waals surface area contributed by atoms with E-state index < -0.39 is 4.92 Å². The van der Waals surface area contributed by atoms with Gasteiger partial charge in [0.05, 0.1) is 35.6 Å². The van der Waals surface area contributed by atoms with E-state index in [1.54, 1.807) is 12.3 Å². The number of aliphatic hydroxyl groups is 1. The van der Waals surface area contributed by atoms with Gasteiger partial charge in [-0.2, -0.15) is 0 Å². The summed E-state index contributed by atoms with van der Waals surface area (Å²) in [5.74, 6) is 1.27. The van der Waals surface area contributed by atoms with Gasteiger partial charge in [-0.05, 0) is 6.07 Å². The summed E-state index contributed by atoms with van der Waals surface area (Å²) >= 11 is 0. The number of aromatic nitrogens is 1. The first kappa shape index (κ1) is 17.7. The molecule has 2 rings (SSSR count). The second kappa shape index (κ2) is 7.31. The molecule has 0 saturated carbocycles. The van der Waals surface area contributed by atoms with Crippen LogP contribution in [0.1, 0.15) is 32.4 Å². The number of anilines is 2. The van der Waals surface area contributed by atoms with Gasteiger partial charge in [0, 0.05) is 24.1 Å². The van der Waals surface area contributed by atoms with E-state index in [9.17, 15) is 10.1 Å². The highest BCUT2D eigenvalue weighted by atomic mass is 16.6. The second-order valence-corrected chi connectivity index (χ2v) is 6.36. The summed E-state index contributed by atoms with van der Waals surface area (Å²) in [4.78, 5) is 14.7. The van der Waals surface area contributed by atoms with Crippen molar-refractivity contribution in [1.29, 1.82) is 0 Å². The lowest BCUT2D eigenvalue weighted by Crippen LogP contribution is -2.10. The van der Waals surface area contributed by atoms with Crippen molar-refractivity contribution >= 4 is 17.1 Å². The van der Waals surface area contributed by atoms with Crippen molar-refractivity contribution in [1.82, 2.24) is 4.98 Å². The van der Waals surface area contributed by atoms with E-state index in [1.807, 2.05) is 20.8 Å². The first-order valence-electron chi connectivity index (χ1n) is 7.63. The molecule has 0 spiro atoms. The lowest BCUT2D eigenvalue weighted by molar-refractivity contribution is -0.384. The molecule has 0 aliphatic carbocycles. The molecule has 0 radical (unpaired) electrons. The Labute approximate surface area is 140 Å². The number of non-ortho nitro benzene ring substituents is 1. The Morgan fingerprint density at radius 2 is 2.04 bits per heavy atom. The van der Waals surface area contributed by atoms with Gasteiger partial charge in [-0.15, -0.1) is 0 Å². The van der Waals surface area contributed by atoms with Crippen LogP contribution < -0.4 is 10.6 Å². The summed E-state index contributed by atoms with van der Waals surface area (Å²) < 4.78 is 5.70. The van der Waals surface area contributed by atoms with E-state index in [0.29, 0.717) is 30.4 Å². The van der Waals surface area contributed by atoms with Crippen LogP contribution in [0.5, 0.6) is 0 Å². The zero-order valence-electron chi connectivity index (χ0n) is 14.0. The third kappa shape index (κ3) is 4.45. The highest BCUT2D eigenvalue weighted by Crippen LogP contribution is 2.28. The molecule has 0 fully saturated rings. The normalized spacial score (nSPS) is 11.3. The van der Waals surface area contributed by atoms with E-state index in [0.717, 1.165) is 5.76 Å². The molecule has 0 saturated heterocycles. The van der Waals surface area contributed by atoms with E-state index in [-0.39, 0.29) is 17.7 Å². The molecule has 0 unspecified atom stereocenters. The van der Waals surface area contributed by atoms with Gasteiger partial charge in [-0.3, -0.25) is 10.1 Å². The molecule has 2 aromatic rings. The molecule has 1 aromatic carbocycles. The highest BCUT2D eigenvalue weighted by Gasteiger charge is 2.19. The van der Waals surface area contributed by atoms with Crippen molar-refractivity contribution in [3.63, 3.8) is 0 Å². The van der Waals surface area contributed by atoms with Gasteiger partial charge in [-0.1, -0.05) is 20.8 Å². The van der Waals surface area contributed by atoms with Crippen LogP contribution in [0.3, 0.4) is 0 Å². The Bertz CT molecular complexity index is 706. The van der Waals surface area contributed by atoms with E-state index in [4.69, 9.17) is 9.52 Å². The van der Waals surface area contributed by atoms with E-state index >= 15 is 0 Å². The molecular formula is C16H22N4O4. The Balaban J connectivity index is 2.16. The lowest BCUT2D eigenvalue weighted by atomic mass is 9.94. The molecule has 8 nitrogen and oxygen atoms in total. The highest BCUT2D eigenvalue weighted by molar-refractivity contribution is 5.71. The quantitative estimate of drug-likeness (QED) is 0.527. The van der Waals surface area contributed by atoms with Crippen LogP contribution in [-0.2, 0) is 12.0 Å². The summed E-state index contributed by atoms with van der Waals surface area (Å²) in [7, 11) is 0. The molecule has 24 heavy (non-hydrogen) atoms. The standard InChI is InChI=1S/C16H22N4O4/c1-16(2,3)14-9-19-15(24-14)10-18-13-8-11(20(22)23)4-5-12(13)17-6-7-21/h4-5,8-9,17-18,21H,6-7,10H2,1-3H3. The number of hydrogen-bond donors (Lipinski definition) is 3. The fraction of sp³-hybridized carbons (Fsp3) is 0.438. The topological polar surface area (TPSA) is 113 Å². The number of nitro benzene ring substituents is 1. The van der Waals surface area contributed by atoms with Crippen LogP contribution in [0, 0.1) is 10.1 Å². The predicted molar refractivity (Wildman–Crippen MR) is 91.2 cm³/mol. The summed E-state index contributed by atoms with van der Waals surface area (Å²) in [6.45, 7) is 6.70. The summed E-state index contributed by atoms with van der Waals surface area (Å²) in [6, 6.07) is 4.45. The number of nitrogens with zero attached hydrogens (tertiary/aromatic N) is 2. The number of nitrogens with one attached hydrogen (secondary N) is 2. The van der Waals surface area contributed by atoms with Crippen LogP contribution in [0.4, 0.5) is 17.1 Å². The first-order valence-corrected chi connectivity index (χ1v) is 7.63. The summed E-state index contributed by atoms with van der Waals surface area (Å²) in [5.41, 5.74) is 1.06. The Morgan fingerprint density at radius 1 is 1.29 bits per heavy atom. The maximum Gasteiger partial charge on any atom is 0.271 e. The fourth-order valence-corrected chi connectivity index (χ4v) is 2.05. The summed E-state index contributed by atoms with van der Waals surface area (Å²) in [6.07, 6.45) is 1.69. The summed E-state index contributed by atoms with van der Waals surface area (Å²) in [5, 5.41) is 26.0. The van der Waals surface area contributed by atoms with Crippen LogP contribution in [0.25, 0.3) is 0 Å². The third-order valence-electron chi connectivity index (χ3n) is 3.36. The molecule has 0 amide bonds. The average molecular weight is 334 g/mol. The van der Waals surface area contributed by atoms with Crippen LogP contribution in [0.2, 0.25) is 0 Å². The molecule has 1 heterocycles. The smallest absolute Gasteiger partial charge is 0.271 e. The zero-order chi connectivity index (χ0) is 17.7. The SMILES string of the molecule is CC(C)(C)c1cnc(CNc2cc([N+](=O)[O-])ccc2NCCO)o1. The molecule has 0 bridgehead atoms. The maximum atomic E-state index is 11.0. The second-order valence-electron chi connectivity index (χ2n) is 6.36. The van der Waals surface area contributed by atoms with Gasteiger partial charge in [0.25, 0.3) is 5.69 Å². The number of nitro groups is 1. The van der Waals surface area contributed by atoms with Gasteiger partial charge in [0.2, 0.25) is 5.89 Å². The van der Waals surface area contributed by atoms with E-state index in [2.05, 4.69) is 15.6 Å². The minimum atomic E-state index is -0.455. The number of oxazole rings is 1. The molecule has 130 valence electrons. The predicted octanol–water partition coefficient (Wildman–Crippen LogP) is 2.90. The van der Waals surface area contributed by atoms with Gasteiger partial charge in [-0.25, -0.2) is 4.98 Å². The van der Waals surface area contributed by atoms with Gasteiger partial charge in [0.15, 0.2) is 0 Å². The largest absolute Gasteiger partial charge is 0.443 e. The Hall–Kier alpha value is -2.61. The molecule has 1 aromatic heterocycles. The van der Waals surface area contributed by atoms with Crippen molar-refractivity contribution in [2.24, 2.45) is 0 Å². The van der Waals surface area contributed by atoms with Gasteiger partial charge >= 0.3 is 0 Å². The number of benzene rings is 1.